The molecule has 1 N–H and O–H groups in total. The maximum absolute atomic E-state index is 12.2. The molecule has 1 saturated heterocycles. The average molecular weight is 371 g/mol. The van der Waals surface area contributed by atoms with Crippen molar-refractivity contribution in [3.8, 4) is 0 Å². The first-order valence-electron chi connectivity index (χ1n) is 9.37. The Morgan fingerprint density at radius 3 is 2.84 bits per heavy atom. The number of carbonyl (C=O) groups excluding carboxylic acids is 1. The summed E-state index contributed by atoms with van der Waals surface area (Å²) in [5.41, 5.74) is -0.444. The Labute approximate surface area is 156 Å². The Bertz CT molecular complexity index is 476. The summed E-state index contributed by atoms with van der Waals surface area (Å²) >= 11 is 2.02. The molecule has 6 nitrogen and oxygen atoms in total. The zero-order chi connectivity index (χ0) is 18.4. The fourth-order valence-corrected chi connectivity index (χ4v) is 3.90. The summed E-state index contributed by atoms with van der Waals surface area (Å²) in [7, 11) is 0. The first kappa shape index (κ1) is 20.2. The lowest BCUT2D eigenvalue weighted by Crippen LogP contribution is -2.57. The van der Waals surface area contributed by atoms with Crippen LogP contribution in [-0.2, 0) is 4.74 Å². The summed E-state index contributed by atoms with van der Waals surface area (Å²) < 4.78 is 5.48. The van der Waals surface area contributed by atoms with E-state index in [1.54, 1.807) is 0 Å². The maximum Gasteiger partial charge on any atom is 0.410 e. The van der Waals surface area contributed by atoms with Gasteiger partial charge in [0.05, 0.1) is 12.6 Å². The molecule has 7 heteroatoms. The highest BCUT2D eigenvalue weighted by Crippen LogP contribution is 2.18. The van der Waals surface area contributed by atoms with Crippen molar-refractivity contribution in [2.24, 2.45) is 10.9 Å². The highest BCUT2D eigenvalue weighted by molar-refractivity contribution is 7.99. The van der Waals surface area contributed by atoms with Crippen LogP contribution in [0, 0.1) is 5.92 Å². The molecular formula is C18H34N4O2S. The van der Waals surface area contributed by atoms with Crippen LogP contribution >= 0.6 is 11.8 Å². The van der Waals surface area contributed by atoms with E-state index in [9.17, 15) is 4.79 Å². The smallest absolute Gasteiger partial charge is 0.410 e. The van der Waals surface area contributed by atoms with Gasteiger partial charge in [0.2, 0.25) is 0 Å². The summed E-state index contributed by atoms with van der Waals surface area (Å²) in [6.45, 7) is 14.1. The van der Waals surface area contributed by atoms with E-state index >= 15 is 0 Å². The van der Waals surface area contributed by atoms with Gasteiger partial charge in [-0.05, 0) is 44.6 Å². The van der Waals surface area contributed by atoms with E-state index < -0.39 is 5.60 Å². The highest BCUT2D eigenvalue weighted by atomic mass is 32.2. The van der Waals surface area contributed by atoms with E-state index in [0.717, 1.165) is 37.9 Å². The number of rotatable bonds is 6. The lowest BCUT2D eigenvalue weighted by atomic mass is 10.2. The fourth-order valence-electron chi connectivity index (χ4n) is 2.92. The number of aliphatic imine (C=N–C) groups is 1. The summed E-state index contributed by atoms with van der Waals surface area (Å²) in [6.07, 6.45) is 0.939. The molecule has 2 aliphatic heterocycles. The molecule has 0 aromatic rings. The summed E-state index contributed by atoms with van der Waals surface area (Å²) in [6, 6.07) is 0.277. The number of nitrogens with one attached hydrogen (secondary N) is 1. The summed E-state index contributed by atoms with van der Waals surface area (Å²) in [5.74, 6) is 4.19. The first-order valence-corrected chi connectivity index (χ1v) is 10.5. The largest absolute Gasteiger partial charge is 0.444 e. The molecule has 0 aromatic carbocycles. The van der Waals surface area contributed by atoms with Gasteiger partial charge in [0.15, 0.2) is 5.96 Å². The van der Waals surface area contributed by atoms with Gasteiger partial charge in [0.25, 0.3) is 0 Å². The van der Waals surface area contributed by atoms with Crippen LogP contribution in [0.5, 0.6) is 0 Å². The molecular weight excluding hydrogens is 336 g/mol. The fraction of sp³-hybridized carbons (Fsp3) is 0.889. The Morgan fingerprint density at radius 2 is 2.16 bits per heavy atom. The Kier molecular flexibility index (Phi) is 7.28. The quantitative estimate of drug-likeness (QED) is 0.729. The topological polar surface area (TPSA) is 57.2 Å². The average Bonchev–Trinajstić information content (AvgIpc) is 2.91. The molecule has 25 heavy (non-hydrogen) atoms. The molecule has 2 rings (SSSR count). The van der Waals surface area contributed by atoms with E-state index in [2.05, 4.69) is 29.1 Å². The number of thioether (sulfide) groups is 1. The van der Waals surface area contributed by atoms with Crippen LogP contribution in [0.15, 0.2) is 4.99 Å². The molecule has 1 atom stereocenters. The molecule has 1 amide bonds. The molecule has 144 valence electrons. The second kappa shape index (κ2) is 9.01. The van der Waals surface area contributed by atoms with Gasteiger partial charge in [-0.25, -0.2) is 4.79 Å². The van der Waals surface area contributed by atoms with Crippen molar-refractivity contribution in [3.63, 3.8) is 0 Å². The summed E-state index contributed by atoms with van der Waals surface area (Å²) in [4.78, 5) is 21.0. The number of hydrogen-bond donors (Lipinski definition) is 1. The van der Waals surface area contributed by atoms with Crippen molar-refractivity contribution < 1.29 is 9.53 Å². The molecule has 0 bridgehead atoms. The van der Waals surface area contributed by atoms with Gasteiger partial charge in [-0.1, -0.05) is 13.8 Å². The van der Waals surface area contributed by atoms with Crippen molar-refractivity contribution in [1.82, 2.24) is 15.1 Å². The normalized spacial score (nSPS) is 20.6. The minimum atomic E-state index is -0.444. The van der Waals surface area contributed by atoms with Crippen LogP contribution in [0.3, 0.4) is 0 Å². The van der Waals surface area contributed by atoms with E-state index in [4.69, 9.17) is 4.74 Å². The van der Waals surface area contributed by atoms with Crippen LogP contribution < -0.4 is 5.32 Å². The lowest BCUT2D eigenvalue weighted by molar-refractivity contribution is 0.0137. The van der Waals surface area contributed by atoms with Crippen LogP contribution in [0.2, 0.25) is 0 Å². The van der Waals surface area contributed by atoms with Gasteiger partial charge in [0, 0.05) is 26.2 Å². The standard InChI is InChI=1S/C18H34N4O2S/c1-14(2)13-25-10-6-7-19-16-20-11-15-12-21(8-9-22(15)16)17(23)24-18(3,4)5/h14-15H,6-13H2,1-5H3,(H,19,20). The number of fused-ring (bicyclic) bond motifs is 1. The maximum atomic E-state index is 12.2. The number of carbonyl (C=O) groups is 1. The third-order valence-electron chi connectivity index (χ3n) is 4.06. The van der Waals surface area contributed by atoms with Crippen molar-refractivity contribution >= 4 is 23.8 Å². The molecule has 1 unspecified atom stereocenters. The van der Waals surface area contributed by atoms with Crippen LogP contribution in [0.4, 0.5) is 4.79 Å². The van der Waals surface area contributed by atoms with Crippen molar-refractivity contribution in [2.45, 2.75) is 52.7 Å². The second-order valence-electron chi connectivity index (χ2n) is 8.19. The minimum absolute atomic E-state index is 0.212. The zero-order valence-electron chi connectivity index (χ0n) is 16.4. The SMILES string of the molecule is CC(C)CSCCCNC1=NCC2CN(C(=O)OC(C)(C)C)CCN12. The monoisotopic (exact) mass is 370 g/mol. The van der Waals surface area contributed by atoms with E-state index in [0.29, 0.717) is 13.1 Å². The first-order chi connectivity index (χ1) is 11.8. The van der Waals surface area contributed by atoms with Gasteiger partial charge in [-0.3, -0.25) is 4.99 Å². The van der Waals surface area contributed by atoms with Crippen LogP contribution in [0.1, 0.15) is 41.0 Å². The number of amides is 1. The minimum Gasteiger partial charge on any atom is -0.444 e. The lowest BCUT2D eigenvalue weighted by Gasteiger charge is -2.39. The third-order valence-corrected chi connectivity index (χ3v) is 5.54. The summed E-state index contributed by atoms with van der Waals surface area (Å²) in [5, 5.41) is 3.48. The number of hydrogen-bond acceptors (Lipinski definition) is 6. The van der Waals surface area contributed by atoms with Gasteiger partial charge >= 0.3 is 6.09 Å². The number of nitrogens with zero attached hydrogens (tertiary/aromatic N) is 3. The molecule has 0 aromatic heterocycles. The van der Waals surface area contributed by atoms with Gasteiger partial charge in [-0.2, -0.15) is 11.8 Å². The Hall–Kier alpha value is -1.11. The van der Waals surface area contributed by atoms with Crippen LogP contribution in [0.25, 0.3) is 0 Å². The number of guanidine groups is 1. The van der Waals surface area contributed by atoms with Crippen molar-refractivity contribution in [1.29, 1.82) is 0 Å². The predicted octanol–water partition coefficient (Wildman–Crippen LogP) is 2.65. The van der Waals surface area contributed by atoms with E-state index in [1.165, 1.54) is 11.5 Å². The van der Waals surface area contributed by atoms with Gasteiger partial charge < -0.3 is 19.9 Å². The molecule has 0 aliphatic carbocycles. The van der Waals surface area contributed by atoms with Gasteiger partial charge in [0.1, 0.15) is 5.60 Å². The molecule has 0 radical (unpaired) electrons. The number of ether oxygens (including phenoxy) is 1. The Balaban J connectivity index is 1.68. The number of piperazine rings is 1. The second-order valence-corrected chi connectivity index (χ2v) is 9.34. The van der Waals surface area contributed by atoms with E-state index in [1.807, 2.05) is 37.4 Å². The van der Waals surface area contributed by atoms with Gasteiger partial charge in [-0.15, -0.1) is 0 Å². The molecule has 2 heterocycles. The third kappa shape index (κ3) is 6.60. The predicted molar refractivity (Wildman–Crippen MR) is 105 cm³/mol. The molecule has 1 fully saturated rings. The van der Waals surface area contributed by atoms with Crippen LogP contribution in [-0.4, -0.2) is 77.7 Å². The molecule has 0 saturated carbocycles. The molecule has 0 spiro atoms. The van der Waals surface area contributed by atoms with Crippen molar-refractivity contribution in [3.05, 3.63) is 0 Å². The zero-order valence-corrected chi connectivity index (χ0v) is 17.2. The van der Waals surface area contributed by atoms with E-state index in [-0.39, 0.29) is 12.1 Å². The highest BCUT2D eigenvalue weighted by Gasteiger charge is 2.36. The van der Waals surface area contributed by atoms with Crippen molar-refractivity contribution in [2.75, 3.05) is 44.2 Å². The molecule has 2 aliphatic rings. The Morgan fingerprint density at radius 1 is 1.40 bits per heavy atom.